The third-order valence-electron chi connectivity index (χ3n) is 4.97. The number of thioether (sulfide) groups is 1. The lowest BCUT2D eigenvalue weighted by molar-refractivity contribution is -0.113. The Morgan fingerprint density at radius 2 is 1.78 bits per heavy atom. The highest BCUT2D eigenvalue weighted by Crippen LogP contribution is 2.29. The van der Waals surface area contributed by atoms with E-state index < -0.39 is 5.91 Å². The topological polar surface area (TPSA) is 107 Å². The third kappa shape index (κ3) is 4.30. The highest BCUT2D eigenvalue weighted by Gasteiger charge is 2.18. The molecule has 0 fully saturated rings. The Labute approximate surface area is 192 Å². The molecular weight excluding hydrogens is 444 g/mol. The molecule has 0 aliphatic heterocycles. The van der Waals surface area contributed by atoms with Crippen molar-refractivity contribution in [2.45, 2.75) is 19.0 Å². The SMILES string of the molecule is Cc1sc2nc(SCC(=O)Nc3ccc(C(N)=O)cc3)n(-c3ccccc3)c(=O)c2c1C. The van der Waals surface area contributed by atoms with Gasteiger partial charge in [-0.1, -0.05) is 30.0 Å². The number of nitrogens with zero attached hydrogens (tertiary/aromatic N) is 2. The second-order valence-corrected chi connectivity index (χ2v) is 9.26. The normalized spacial score (nSPS) is 10.9. The van der Waals surface area contributed by atoms with Crippen LogP contribution in [0, 0.1) is 13.8 Å². The molecule has 3 N–H and O–H groups in total. The maximum atomic E-state index is 13.4. The molecule has 0 saturated heterocycles. The predicted octanol–water partition coefficient (Wildman–Crippen LogP) is 3.89. The summed E-state index contributed by atoms with van der Waals surface area (Å²) in [5.74, 6) is -0.724. The molecule has 0 atom stereocenters. The van der Waals surface area contributed by atoms with Crippen molar-refractivity contribution in [3.63, 3.8) is 0 Å². The van der Waals surface area contributed by atoms with Crippen molar-refractivity contribution in [2.75, 3.05) is 11.1 Å². The van der Waals surface area contributed by atoms with E-state index in [-0.39, 0.29) is 17.2 Å². The molecule has 162 valence electrons. The number of rotatable bonds is 6. The lowest BCUT2D eigenvalue weighted by atomic mass is 10.2. The summed E-state index contributed by atoms with van der Waals surface area (Å²) in [6, 6.07) is 15.6. The van der Waals surface area contributed by atoms with Crippen molar-refractivity contribution in [1.82, 2.24) is 9.55 Å². The highest BCUT2D eigenvalue weighted by molar-refractivity contribution is 7.99. The van der Waals surface area contributed by atoms with Gasteiger partial charge in [0.1, 0.15) is 4.83 Å². The first-order chi connectivity index (χ1) is 15.3. The smallest absolute Gasteiger partial charge is 0.267 e. The number of aryl methyl sites for hydroxylation is 2. The first-order valence-corrected chi connectivity index (χ1v) is 11.6. The van der Waals surface area contributed by atoms with Crippen LogP contribution in [0.3, 0.4) is 0 Å². The van der Waals surface area contributed by atoms with E-state index in [4.69, 9.17) is 10.7 Å². The monoisotopic (exact) mass is 464 g/mol. The molecule has 2 amide bonds. The molecule has 7 nitrogen and oxygen atoms in total. The minimum absolute atomic E-state index is 0.0612. The van der Waals surface area contributed by atoms with Crippen molar-refractivity contribution in [1.29, 1.82) is 0 Å². The lowest BCUT2D eigenvalue weighted by Gasteiger charge is -2.12. The Bertz CT molecular complexity index is 1380. The van der Waals surface area contributed by atoms with Crippen LogP contribution in [0.4, 0.5) is 5.69 Å². The van der Waals surface area contributed by atoms with Gasteiger partial charge in [0.2, 0.25) is 11.8 Å². The van der Waals surface area contributed by atoms with Gasteiger partial charge in [-0.15, -0.1) is 11.3 Å². The van der Waals surface area contributed by atoms with Crippen molar-refractivity contribution in [3.8, 4) is 5.69 Å². The Kier molecular flexibility index (Phi) is 6.11. The average Bonchev–Trinajstić information content (AvgIpc) is 3.07. The number of thiophene rings is 1. The fraction of sp³-hybridized carbons (Fsp3) is 0.130. The van der Waals surface area contributed by atoms with Gasteiger partial charge in [-0.3, -0.25) is 19.0 Å². The summed E-state index contributed by atoms with van der Waals surface area (Å²) < 4.78 is 1.56. The van der Waals surface area contributed by atoms with Crippen molar-refractivity contribution in [3.05, 3.63) is 81.0 Å². The van der Waals surface area contributed by atoms with E-state index in [1.807, 2.05) is 44.2 Å². The van der Waals surface area contributed by atoms with Crippen LogP contribution in [0.15, 0.2) is 64.5 Å². The van der Waals surface area contributed by atoms with Gasteiger partial charge in [0.15, 0.2) is 5.16 Å². The number of nitrogens with two attached hydrogens (primary N) is 1. The van der Waals surface area contributed by atoms with Crippen LogP contribution in [0.25, 0.3) is 15.9 Å². The molecule has 0 radical (unpaired) electrons. The molecule has 4 aromatic rings. The Balaban J connectivity index is 1.63. The summed E-state index contributed by atoms with van der Waals surface area (Å²) in [5, 5.41) is 3.84. The van der Waals surface area contributed by atoms with Crippen LogP contribution in [-0.4, -0.2) is 27.1 Å². The second-order valence-electron chi connectivity index (χ2n) is 7.11. The first-order valence-electron chi connectivity index (χ1n) is 9.76. The quantitative estimate of drug-likeness (QED) is 0.332. The van der Waals surface area contributed by atoms with Crippen LogP contribution in [0.2, 0.25) is 0 Å². The number of anilines is 1. The second kappa shape index (κ2) is 8.97. The summed E-state index contributed by atoms with van der Waals surface area (Å²) in [4.78, 5) is 43.5. The molecule has 2 aromatic carbocycles. The van der Waals surface area contributed by atoms with Gasteiger partial charge in [0.05, 0.1) is 16.8 Å². The van der Waals surface area contributed by atoms with Crippen LogP contribution < -0.4 is 16.6 Å². The molecule has 0 saturated carbocycles. The summed E-state index contributed by atoms with van der Waals surface area (Å²) in [6.45, 7) is 3.90. The number of nitrogens with one attached hydrogen (secondary N) is 1. The number of aromatic nitrogens is 2. The van der Waals surface area contributed by atoms with Gasteiger partial charge in [0, 0.05) is 16.1 Å². The number of fused-ring (bicyclic) bond motifs is 1. The van der Waals surface area contributed by atoms with Gasteiger partial charge >= 0.3 is 0 Å². The first kappa shape index (κ1) is 21.8. The van der Waals surface area contributed by atoms with Crippen molar-refractivity contribution in [2.24, 2.45) is 5.73 Å². The predicted molar refractivity (Wildman–Crippen MR) is 129 cm³/mol. The molecule has 0 bridgehead atoms. The van der Waals surface area contributed by atoms with E-state index in [9.17, 15) is 14.4 Å². The summed E-state index contributed by atoms with van der Waals surface area (Å²) in [7, 11) is 0. The van der Waals surface area contributed by atoms with Crippen LogP contribution in [0.1, 0.15) is 20.8 Å². The molecule has 2 heterocycles. The zero-order chi connectivity index (χ0) is 22.8. The van der Waals surface area contributed by atoms with E-state index in [0.717, 1.165) is 10.4 Å². The average molecular weight is 465 g/mol. The Morgan fingerprint density at radius 1 is 1.09 bits per heavy atom. The number of carbonyl (C=O) groups is 2. The third-order valence-corrected chi connectivity index (χ3v) is 7.01. The summed E-state index contributed by atoms with van der Waals surface area (Å²) in [6.07, 6.45) is 0. The highest BCUT2D eigenvalue weighted by atomic mass is 32.2. The van der Waals surface area contributed by atoms with Crippen molar-refractivity contribution >= 4 is 50.8 Å². The zero-order valence-corrected chi connectivity index (χ0v) is 19.0. The standard InChI is InChI=1S/C23H20N4O3S2/c1-13-14(2)32-21-19(13)22(30)27(17-6-4-3-5-7-17)23(26-21)31-12-18(28)25-16-10-8-15(9-11-16)20(24)29/h3-11H,12H2,1-2H3,(H2,24,29)(H,25,28). The van der Waals surface area contributed by atoms with E-state index in [2.05, 4.69) is 5.32 Å². The molecule has 0 aliphatic carbocycles. The van der Waals surface area contributed by atoms with Crippen LogP contribution in [0.5, 0.6) is 0 Å². The maximum absolute atomic E-state index is 13.4. The Hall–Kier alpha value is -3.43. The Morgan fingerprint density at radius 3 is 2.44 bits per heavy atom. The van der Waals surface area contributed by atoms with Gasteiger partial charge in [-0.05, 0) is 55.8 Å². The molecule has 4 rings (SSSR count). The number of amides is 2. The number of primary amides is 1. The van der Waals surface area contributed by atoms with E-state index in [1.54, 1.807) is 28.8 Å². The largest absolute Gasteiger partial charge is 0.366 e. The number of hydrogen-bond acceptors (Lipinski definition) is 6. The molecule has 9 heteroatoms. The van der Waals surface area contributed by atoms with Crippen molar-refractivity contribution < 1.29 is 9.59 Å². The minimum Gasteiger partial charge on any atom is -0.366 e. The van der Waals surface area contributed by atoms with Gasteiger partial charge in [-0.2, -0.15) is 0 Å². The van der Waals surface area contributed by atoms with Gasteiger partial charge in [-0.25, -0.2) is 4.98 Å². The van der Waals surface area contributed by atoms with Crippen LogP contribution in [-0.2, 0) is 4.79 Å². The molecule has 2 aromatic heterocycles. The number of carbonyl (C=O) groups excluding carboxylic acids is 2. The number of para-hydroxylation sites is 1. The molecule has 32 heavy (non-hydrogen) atoms. The summed E-state index contributed by atoms with van der Waals surface area (Å²) >= 11 is 2.67. The fourth-order valence-corrected chi connectivity index (χ4v) is 5.10. The number of hydrogen-bond donors (Lipinski definition) is 2. The van der Waals surface area contributed by atoms with Crippen LogP contribution >= 0.6 is 23.1 Å². The molecule has 0 aliphatic rings. The molecule has 0 spiro atoms. The van der Waals surface area contributed by atoms with E-state index >= 15 is 0 Å². The molecular formula is C23H20N4O3S2. The van der Waals surface area contributed by atoms with E-state index in [1.165, 1.54) is 23.1 Å². The zero-order valence-electron chi connectivity index (χ0n) is 17.4. The lowest BCUT2D eigenvalue weighted by Crippen LogP contribution is -2.22. The van der Waals surface area contributed by atoms with E-state index in [0.29, 0.717) is 32.3 Å². The molecule has 0 unspecified atom stereocenters. The maximum Gasteiger partial charge on any atom is 0.267 e. The minimum atomic E-state index is -0.530. The van der Waals surface area contributed by atoms with Gasteiger partial charge < -0.3 is 11.1 Å². The summed E-state index contributed by atoms with van der Waals surface area (Å²) in [5.41, 5.74) is 7.63. The van der Waals surface area contributed by atoms with Gasteiger partial charge in [0.25, 0.3) is 5.56 Å². The fourth-order valence-electron chi connectivity index (χ4n) is 3.22. The number of benzene rings is 2.